The van der Waals surface area contributed by atoms with Gasteiger partial charge in [0.15, 0.2) is 0 Å². The molecule has 0 amide bonds. The minimum atomic E-state index is -0.617. The highest BCUT2D eigenvalue weighted by Crippen LogP contribution is 2.07. The number of nitrogens with zero attached hydrogens (tertiary/aromatic N) is 3. The highest BCUT2D eigenvalue weighted by atomic mass is 35.5. The van der Waals surface area contributed by atoms with E-state index in [1.54, 1.807) is 0 Å². The molecule has 0 aliphatic carbocycles. The van der Waals surface area contributed by atoms with Crippen LogP contribution in [0.5, 0.6) is 0 Å². The molecule has 150 valence electrons. The first kappa shape index (κ1) is 29.1. The molecule has 0 aromatic carbocycles. The summed E-state index contributed by atoms with van der Waals surface area (Å²) in [6, 6.07) is 0. The monoisotopic (exact) mass is 422 g/mol. The molecule has 1 aromatic rings. The lowest BCUT2D eigenvalue weighted by atomic mass is 10.3. The summed E-state index contributed by atoms with van der Waals surface area (Å²) in [4.78, 5) is 13.8. The molecule has 0 radical (unpaired) electrons. The molecule has 12 heteroatoms. The van der Waals surface area contributed by atoms with Crippen LogP contribution in [0.4, 0.5) is 5.95 Å². The van der Waals surface area contributed by atoms with Gasteiger partial charge in [-0.05, 0) is 4.92 Å². The Morgan fingerprint density at radius 3 is 2.48 bits per heavy atom. The lowest BCUT2D eigenvalue weighted by molar-refractivity contribution is -0.683. The van der Waals surface area contributed by atoms with Gasteiger partial charge < -0.3 is 68.8 Å². The number of aromatic nitrogens is 2. The number of hydrogen-bond donors (Lipinski definition) is 4. The average Bonchev–Trinajstić information content (AvgIpc) is 2.94. The Bertz CT molecular complexity index is 439. The number of nitrogens with two attached hydrogens (primary N) is 2. The number of quaternary nitrogens is 3. The van der Waals surface area contributed by atoms with Crippen LogP contribution in [0.3, 0.4) is 0 Å². The summed E-state index contributed by atoms with van der Waals surface area (Å²) in [5.74, 6) is -0.226. The third-order valence-electron chi connectivity index (χ3n) is 3.43. The first-order valence-corrected chi connectivity index (χ1v) is 7.91. The summed E-state index contributed by atoms with van der Waals surface area (Å²) in [6.07, 6.45) is 5.77. The van der Waals surface area contributed by atoms with Gasteiger partial charge in [-0.25, -0.2) is 4.57 Å². The Morgan fingerprint density at radius 2 is 1.84 bits per heavy atom. The second kappa shape index (κ2) is 18.1. The standard InChI is InChI=1S/C13H26N6O3.3ClH/c14-4-1-2-5-15-6-3-7-16-10-12(20)11-18-9-8-17-13(18)19(21)22;;;/h8-9,12,15-16,20H,1-7,10-11,14H2;3*1H. The van der Waals surface area contributed by atoms with E-state index < -0.39 is 11.0 Å². The van der Waals surface area contributed by atoms with Crippen LogP contribution < -0.4 is 53.6 Å². The number of halogens is 3. The lowest BCUT2D eigenvalue weighted by Crippen LogP contribution is -3.00. The van der Waals surface area contributed by atoms with Crippen LogP contribution in [0.25, 0.3) is 0 Å². The lowest BCUT2D eigenvalue weighted by Gasteiger charge is -2.08. The fraction of sp³-hybridized carbons (Fsp3) is 0.769. The summed E-state index contributed by atoms with van der Waals surface area (Å²) in [5.41, 5.74) is 3.82. The Morgan fingerprint density at radius 1 is 1.20 bits per heavy atom. The Kier molecular flexibility index (Phi) is 21.1. The molecule has 0 saturated heterocycles. The van der Waals surface area contributed by atoms with E-state index in [9.17, 15) is 15.2 Å². The molecule has 1 atom stereocenters. The number of nitro groups is 1. The van der Waals surface area contributed by atoms with Crippen molar-refractivity contribution >= 4 is 5.95 Å². The van der Waals surface area contributed by atoms with Crippen LogP contribution in [0.1, 0.15) is 19.3 Å². The van der Waals surface area contributed by atoms with Gasteiger partial charge in [0, 0.05) is 19.3 Å². The van der Waals surface area contributed by atoms with Gasteiger partial charge >= 0.3 is 5.95 Å². The molecular weight excluding hydrogens is 395 g/mol. The van der Waals surface area contributed by atoms with E-state index >= 15 is 0 Å². The number of aliphatic hydroxyl groups is 1. The molecule has 1 aromatic heterocycles. The minimum Gasteiger partial charge on any atom is -1.00 e. The van der Waals surface area contributed by atoms with E-state index in [4.69, 9.17) is 0 Å². The third-order valence-corrected chi connectivity index (χ3v) is 3.43. The van der Waals surface area contributed by atoms with Crippen molar-refractivity contribution in [2.24, 2.45) is 0 Å². The SMILES string of the molecule is [Cl-].[Cl-].[Cl-].[NH3+]CCCC[NH2+]CCC[NH2+]CC(O)Cn1ccnc1[N+](=O)[O-]. The maximum atomic E-state index is 10.7. The van der Waals surface area contributed by atoms with Gasteiger partial charge in [0.2, 0.25) is 0 Å². The summed E-state index contributed by atoms with van der Waals surface area (Å²) in [5, 5.41) is 25.0. The second-order valence-corrected chi connectivity index (χ2v) is 5.38. The Labute approximate surface area is 166 Å². The fourth-order valence-corrected chi connectivity index (χ4v) is 2.24. The maximum Gasteiger partial charge on any atom is 0.434 e. The fourth-order valence-electron chi connectivity index (χ4n) is 2.24. The molecular formula is C13H29Cl3N6O3. The van der Waals surface area contributed by atoms with Gasteiger partial charge in [-0.1, -0.05) is 4.98 Å². The van der Waals surface area contributed by atoms with Crippen molar-refractivity contribution in [3.05, 3.63) is 22.5 Å². The van der Waals surface area contributed by atoms with Crippen LogP contribution in [-0.2, 0) is 6.54 Å². The topological polar surface area (TPSA) is 142 Å². The van der Waals surface area contributed by atoms with Crippen LogP contribution in [-0.4, -0.2) is 58.4 Å². The number of aliphatic hydroxyl groups excluding tert-OH is 1. The third kappa shape index (κ3) is 13.2. The van der Waals surface area contributed by atoms with Gasteiger partial charge in [-0.15, -0.1) is 0 Å². The molecule has 0 aliphatic rings. The first-order chi connectivity index (χ1) is 10.6. The quantitative estimate of drug-likeness (QED) is 0.142. The second-order valence-electron chi connectivity index (χ2n) is 5.38. The van der Waals surface area contributed by atoms with E-state index in [0.717, 1.165) is 32.6 Å². The summed E-state index contributed by atoms with van der Waals surface area (Å²) < 4.78 is 1.37. The van der Waals surface area contributed by atoms with Crippen LogP contribution in [0, 0.1) is 10.1 Å². The smallest absolute Gasteiger partial charge is 0.434 e. The zero-order valence-corrected chi connectivity index (χ0v) is 16.5. The van der Waals surface area contributed by atoms with Gasteiger partial charge in [-0.3, -0.25) is 0 Å². The summed E-state index contributed by atoms with van der Waals surface area (Å²) >= 11 is 0. The zero-order chi connectivity index (χ0) is 16.2. The van der Waals surface area contributed by atoms with Crippen molar-refractivity contribution in [3.63, 3.8) is 0 Å². The van der Waals surface area contributed by atoms with Gasteiger partial charge in [0.1, 0.15) is 31.6 Å². The number of unbranched alkanes of at least 4 members (excludes halogenated alkanes) is 1. The predicted molar refractivity (Wildman–Crippen MR) is 79.8 cm³/mol. The molecule has 0 fully saturated rings. The van der Waals surface area contributed by atoms with E-state index in [1.807, 2.05) is 0 Å². The Balaban J connectivity index is -0.00000161. The molecule has 9 nitrogen and oxygen atoms in total. The Hall–Kier alpha value is -0.680. The first-order valence-electron chi connectivity index (χ1n) is 7.91. The minimum absolute atomic E-state index is 0. The molecule has 0 spiro atoms. The van der Waals surface area contributed by atoms with Gasteiger partial charge in [-0.2, -0.15) is 0 Å². The van der Waals surface area contributed by atoms with Crippen molar-refractivity contribution < 1.29 is 63.6 Å². The molecule has 8 N–H and O–H groups in total. The molecule has 0 bridgehead atoms. The highest BCUT2D eigenvalue weighted by Gasteiger charge is 2.18. The van der Waals surface area contributed by atoms with E-state index in [-0.39, 0.29) is 49.7 Å². The zero-order valence-electron chi connectivity index (χ0n) is 14.2. The van der Waals surface area contributed by atoms with Crippen LogP contribution in [0.2, 0.25) is 0 Å². The maximum absolute atomic E-state index is 10.7. The summed E-state index contributed by atoms with van der Waals surface area (Å²) in [6.45, 7) is 4.95. The molecule has 0 aliphatic heterocycles. The van der Waals surface area contributed by atoms with Gasteiger partial charge in [0.25, 0.3) is 0 Å². The molecule has 1 heterocycles. The average molecular weight is 424 g/mol. The van der Waals surface area contributed by atoms with E-state index in [2.05, 4.69) is 21.4 Å². The van der Waals surface area contributed by atoms with Crippen LogP contribution in [0.15, 0.2) is 12.4 Å². The van der Waals surface area contributed by atoms with Crippen LogP contribution >= 0.6 is 0 Å². The van der Waals surface area contributed by atoms with Crippen molar-refractivity contribution in [2.75, 3.05) is 32.7 Å². The number of hydrogen-bond acceptors (Lipinski definition) is 4. The number of rotatable bonds is 13. The largest absolute Gasteiger partial charge is 1.00 e. The van der Waals surface area contributed by atoms with Crippen molar-refractivity contribution in [1.82, 2.24) is 9.55 Å². The normalized spacial score (nSPS) is 11.0. The van der Waals surface area contributed by atoms with Crippen molar-refractivity contribution in [3.8, 4) is 0 Å². The molecule has 1 rings (SSSR count). The predicted octanol–water partition coefficient (Wildman–Crippen LogP) is -12.3. The van der Waals surface area contributed by atoms with E-state index in [1.165, 1.54) is 29.8 Å². The molecule has 0 saturated carbocycles. The van der Waals surface area contributed by atoms with Crippen molar-refractivity contribution in [2.45, 2.75) is 31.9 Å². The van der Waals surface area contributed by atoms with Gasteiger partial charge in [0.05, 0.1) is 26.2 Å². The van der Waals surface area contributed by atoms with E-state index in [0.29, 0.717) is 6.54 Å². The molecule has 25 heavy (non-hydrogen) atoms. The number of imidazole rings is 1. The summed E-state index contributed by atoms with van der Waals surface area (Å²) in [7, 11) is 0. The highest BCUT2D eigenvalue weighted by molar-refractivity contribution is 5.06. The molecule has 1 unspecified atom stereocenters. The van der Waals surface area contributed by atoms with Crippen molar-refractivity contribution in [1.29, 1.82) is 0 Å².